The summed E-state index contributed by atoms with van der Waals surface area (Å²) < 4.78 is 2.39. The number of benzene rings is 6. The summed E-state index contributed by atoms with van der Waals surface area (Å²) in [6, 6.07) is 53.0. The van der Waals surface area contributed by atoms with Crippen LogP contribution in [0, 0.1) is 0 Å². The van der Waals surface area contributed by atoms with Gasteiger partial charge >= 0.3 is 0 Å². The van der Waals surface area contributed by atoms with E-state index in [2.05, 4.69) is 132 Å². The van der Waals surface area contributed by atoms with Crippen LogP contribution in [0.3, 0.4) is 0 Å². The molecule has 2 aromatic heterocycles. The Hall–Kier alpha value is -5.54. The highest BCUT2D eigenvalue weighted by molar-refractivity contribution is 6.16. The number of aromatic nitrogens is 3. The van der Waals surface area contributed by atoms with E-state index < -0.39 is 0 Å². The smallest absolute Gasteiger partial charge is 0.160 e. The van der Waals surface area contributed by atoms with Crippen molar-refractivity contribution in [3.05, 3.63) is 152 Å². The Bertz CT molecular complexity index is 2180. The molecule has 0 spiro atoms. The fraction of sp³-hybridized carbons (Fsp3) is 0. The highest BCUT2D eigenvalue weighted by Crippen LogP contribution is 2.41. The van der Waals surface area contributed by atoms with Gasteiger partial charge in [-0.3, -0.25) is 0 Å². The number of nitrogens with zero attached hydrogens (tertiary/aromatic N) is 3. The summed E-state index contributed by atoms with van der Waals surface area (Å²) in [5.41, 5.74) is 9.68. The van der Waals surface area contributed by atoms with Crippen LogP contribution in [-0.4, -0.2) is 14.5 Å². The largest absolute Gasteiger partial charge is 0.309 e. The standard InChI is InChI=1S/C38H25N3/c1-4-14-26(15-5-1)35-33-24-12-21-30(36(33)40-38(39-35)27-16-6-2-7-17-27)32-23-13-22-31-29-20-10-11-25-34(29)41(37(31)32)28-18-8-3-9-19-28/h1-25H. The lowest BCUT2D eigenvalue weighted by Crippen LogP contribution is -1.98. The van der Waals surface area contributed by atoms with Crippen LogP contribution < -0.4 is 0 Å². The highest BCUT2D eigenvalue weighted by Gasteiger charge is 2.20. The second-order valence-electron chi connectivity index (χ2n) is 10.2. The van der Waals surface area contributed by atoms with Crippen molar-refractivity contribution >= 4 is 32.7 Å². The Morgan fingerprint density at radius 1 is 0.415 bits per heavy atom. The Morgan fingerprint density at radius 2 is 1.00 bits per heavy atom. The minimum absolute atomic E-state index is 0.722. The normalized spacial score (nSPS) is 11.4. The van der Waals surface area contributed by atoms with E-state index in [1.165, 1.54) is 21.8 Å². The number of rotatable bonds is 4. The fourth-order valence-corrected chi connectivity index (χ4v) is 5.98. The molecule has 0 aliphatic carbocycles. The second-order valence-corrected chi connectivity index (χ2v) is 10.2. The van der Waals surface area contributed by atoms with Crippen LogP contribution in [0.15, 0.2) is 152 Å². The van der Waals surface area contributed by atoms with Crippen molar-refractivity contribution in [2.75, 3.05) is 0 Å². The van der Waals surface area contributed by atoms with Crippen molar-refractivity contribution < 1.29 is 0 Å². The van der Waals surface area contributed by atoms with Crippen LogP contribution in [0.25, 0.3) is 72.2 Å². The minimum Gasteiger partial charge on any atom is -0.309 e. The van der Waals surface area contributed by atoms with Crippen molar-refractivity contribution in [3.8, 4) is 39.5 Å². The van der Waals surface area contributed by atoms with Crippen molar-refractivity contribution in [1.82, 2.24) is 14.5 Å². The molecule has 0 saturated carbocycles. The van der Waals surface area contributed by atoms with Crippen LogP contribution in [0.2, 0.25) is 0 Å². The molecule has 3 nitrogen and oxygen atoms in total. The van der Waals surface area contributed by atoms with Gasteiger partial charge in [0.1, 0.15) is 0 Å². The molecule has 0 amide bonds. The van der Waals surface area contributed by atoms with Gasteiger partial charge in [0.15, 0.2) is 5.82 Å². The zero-order chi connectivity index (χ0) is 27.2. The minimum atomic E-state index is 0.722. The van der Waals surface area contributed by atoms with Gasteiger partial charge in [0.2, 0.25) is 0 Å². The van der Waals surface area contributed by atoms with Crippen LogP contribution in [0.5, 0.6) is 0 Å². The molecular formula is C38H25N3. The molecule has 0 saturated heterocycles. The molecule has 6 aromatic carbocycles. The number of para-hydroxylation sites is 4. The van der Waals surface area contributed by atoms with Gasteiger partial charge < -0.3 is 4.57 Å². The molecule has 0 fully saturated rings. The summed E-state index contributed by atoms with van der Waals surface area (Å²) in [6.45, 7) is 0. The average Bonchev–Trinajstić information content (AvgIpc) is 3.40. The van der Waals surface area contributed by atoms with E-state index in [9.17, 15) is 0 Å². The molecule has 8 aromatic rings. The molecule has 192 valence electrons. The summed E-state index contributed by atoms with van der Waals surface area (Å²) in [5, 5.41) is 3.49. The maximum absolute atomic E-state index is 5.25. The summed E-state index contributed by atoms with van der Waals surface area (Å²) >= 11 is 0. The third-order valence-electron chi connectivity index (χ3n) is 7.81. The van der Waals surface area contributed by atoms with Crippen molar-refractivity contribution in [3.63, 3.8) is 0 Å². The second kappa shape index (κ2) is 9.58. The molecule has 0 unspecified atom stereocenters. The van der Waals surface area contributed by atoms with Gasteiger partial charge in [-0.1, -0.05) is 133 Å². The first-order chi connectivity index (χ1) is 20.4. The highest BCUT2D eigenvalue weighted by atomic mass is 15.0. The summed E-state index contributed by atoms with van der Waals surface area (Å²) in [6.07, 6.45) is 0. The van der Waals surface area contributed by atoms with Gasteiger partial charge in [-0.15, -0.1) is 0 Å². The molecule has 3 heteroatoms. The molecular weight excluding hydrogens is 498 g/mol. The van der Waals surface area contributed by atoms with E-state index in [4.69, 9.17) is 9.97 Å². The molecule has 8 rings (SSSR count). The molecule has 0 aliphatic heterocycles. The number of fused-ring (bicyclic) bond motifs is 4. The lowest BCUT2D eigenvalue weighted by molar-refractivity contribution is 1.18. The van der Waals surface area contributed by atoms with E-state index >= 15 is 0 Å². The van der Waals surface area contributed by atoms with Gasteiger partial charge in [-0.2, -0.15) is 0 Å². The zero-order valence-electron chi connectivity index (χ0n) is 22.3. The first-order valence-corrected chi connectivity index (χ1v) is 13.9. The van der Waals surface area contributed by atoms with Crippen molar-refractivity contribution in [2.45, 2.75) is 0 Å². The van der Waals surface area contributed by atoms with Gasteiger partial charge in [0.25, 0.3) is 0 Å². The summed E-state index contributed by atoms with van der Waals surface area (Å²) in [4.78, 5) is 10.4. The Kier molecular flexibility index (Phi) is 5.46. The Labute approximate surface area is 238 Å². The van der Waals surface area contributed by atoms with E-state index in [0.717, 1.165) is 50.4 Å². The first kappa shape index (κ1) is 23.4. The van der Waals surface area contributed by atoms with Crippen LogP contribution in [-0.2, 0) is 0 Å². The first-order valence-electron chi connectivity index (χ1n) is 13.9. The lowest BCUT2D eigenvalue weighted by atomic mass is 9.97. The van der Waals surface area contributed by atoms with Crippen LogP contribution in [0.1, 0.15) is 0 Å². The predicted octanol–water partition coefficient (Wildman–Crippen LogP) is 9.73. The average molecular weight is 524 g/mol. The molecule has 0 radical (unpaired) electrons. The van der Waals surface area contributed by atoms with Crippen LogP contribution in [0.4, 0.5) is 0 Å². The molecule has 0 bridgehead atoms. The van der Waals surface area contributed by atoms with Gasteiger partial charge in [0.05, 0.1) is 22.2 Å². The quantitative estimate of drug-likeness (QED) is 0.230. The molecule has 0 N–H and O–H groups in total. The van der Waals surface area contributed by atoms with E-state index in [0.29, 0.717) is 0 Å². The maximum Gasteiger partial charge on any atom is 0.160 e. The van der Waals surface area contributed by atoms with E-state index in [-0.39, 0.29) is 0 Å². The number of hydrogen-bond donors (Lipinski definition) is 0. The summed E-state index contributed by atoms with van der Waals surface area (Å²) in [7, 11) is 0. The van der Waals surface area contributed by atoms with Gasteiger partial charge in [0, 0.05) is 44.1 Å². The van der Waals surface area contributed by atoms with Crippen LogP contribution >= 0.6 is 0 Å². The maximum atomic E-state index is 5.25. The topological polar surface area (TPSA) is 30.7 Å². The van der Waals surface area contributed by atoms with E-state index in [1.54, 1.807) is 0 Å². The van der Waals surface area contributed by atoms with Gasteiger partial charge in [-0.25, -0.2) is 9.97 Å². The lowest BCUT2D eigenvalue weighted by Gasteiger charge is -2.15. The zero-order valence-corrected chi connectivity index (χ0v) is 22.3. The molecule has 2 heterocycles. The van der Waals surface area contributed by atoms with E-state index in [1.807, 2.05) is 24.3 Å². The third-order valence-corrected chi connectivity index (χ3v) is 7.81. The van der Waals surface area contributed by atoms with Gasteiger partial charge in [-0.05, 0) is 18.2 Å². The molecule has 41 heavy (non-hydrogen) atoms. The SMILES string of the molecule is c1ccc(-c2nc(-c3ccccc3)c3cccc(-c4cccc5c6ccccc6n(-c6ccccc6)c45)c3n2)cc1. The summed E-state index contributed by atoms with van der Waals surface area (Å²) in [5.74, 6) is 0.722. The molecule has 0 atom stereocenters. The number of hydrogen-bond acceptors (Lipinski definition) is 2. The monoisotopic (exact) mass is 523 g/mol. The van der Waals surface area contributed by atoms with Crippen molar-refractivity contribution in [1.29, 1.82) is 0 Å². The Morgan fingerprint density at radius 3 is 1.76 bits per heavy atom. The van der Waals surface area contributed by atoms with Crippen molar-refractivity contribution in [2.24, 2.45) is 0 Å². The Balaban J connectivity index is 1.50. The third kappa shape index (κ3) is 3.82. The predicted molar refractivity (Wildman–Crippen MR) is 170 cm³/mol. The molecule has 0 aliphatic rings. The fourth-order valence-electron chi connectivity index (χ4n) is 5.98.